The Morgan fingerprint density at radius 1 is 0.662 bits per heavy atom. The molecule has 4 fully saturated rings. The largest absolute Gasteiger partial charge is 0.363 e. The zero-order valence-corrected chi connectivity index (χ0v) is 39.7. The van der Waals surface area contributed by atoms with Crippen LogP contribution in [0.3, 0.4) is 0 Å². The summed E-state index contributed by atoms with van der Waals surface area (Å²) in [7, 11) is 0. The molecule has 4 aliphatic heterocycles. The van der Waals surface area contributed by atoms with Gasteiger partial charge in [-0.25, -0.2) is 9.36 Å². The topological polar surface area (TPSA) is 229 Å². The normalized spacial score (nSPS) is 21.4. The molecular formula is C46H56N14O6S2. The summed E-state index contributed by atoms with van der Waals surface area (Å²) in [6.07, 6.45) is 3.06. The quantitative estimate of drug-likeness (QED) is 0.0912. The molecule has 4 aromatic rings. The molecule has 358 valence electrons. The summed E-state index contributed by atoms with van der Waals surface area (Å²) in [4.78, 5) is 60.5. The Kier molecular flexibility index (Phi) is 17.1. The number of rotatable bonds is 20. The number of hydrogen-bond donors (Lipinski definition) is 4. The van der Waals surface area contributed by atoms with Crippen LogP contribution in [0.5, 0.6) is 0 Å². The van der Waals surface area contributed by atoms with E-state index >= 15 is 0 Å². The molecule has 2 unspecified atom stereocenters. The minimum atomic E-state index is -0.956. The van der Waals surface area contributed by atoms with Crippen LogP contribution >= 0.6 is 23.5 Å². The molecule has 4 N–H and O–H groups in total. The number of aromatic nitrogens is 8. The van der Waals surface area contributed by atoms with Gasteiger partial charge in [0.1, 0.15) is 25.3 Å². The van der Waals surface area contributed by atoms with Crippen LogP contribution in [0.25, 0.3) is 0 Å². The zero-order valence-electron chi connectivity index (χ0n) is 38.0. The van der Waals surface area contributed by atoms with E-state index in [2.05, 4.69) is 76.0 Å². The third-order valence-electron chi connectivity index (χ3n) is 12.4. The van der Waals surface area contributed by atoms with E-state index in [1.807, 2.05) is 60.7 Å². The van der Waals surface area contributed by atoms with E-state index in [0.717, 1.165) is 48.6 Å². The SMILES string of the molecule is C[C@@H](OCC#CC#CCO[C@H](C)[C@H](NC(=O)C1CCN1)C(=O)N1CCC[C@H]1Cn1nnnc1Sc1ccccc1)[C@H](NC(=O)C1CCN1)C(=O)N1CCC[C@H]1Cn1nnnc1Sc1ccccc1. The number of ether oxygens (including phenoxy) is 2. The van der Waals surface area contributed by atoms with Crippen molar-refractivity contribution in [3.05, 3.63) is 60.7 Å². The zero-order chi connectivity index (χ0) is 47.2. The molecule has 0 spiro atoms. The van der Waals surface area contributed by atoms with Crippen LogP contribution in [-0.2, 0) is 41.7 Å². The molecular weight excluding hydrogens is 909 g/mol. The van der Waals surface area contributed by atoms with Gasteiger partial charge in [0.2, 0.25) is 33.9 Å². The molecule has 0 aliphatic carbocycles. The predicted octanol–water partition coefficient (Wildman–Crippen LogP) is 1.15. The highest BCUT2D eigenvalue weighted by Gasteiger charge is 2.41. The van der Waals surface area contributed by atoms with Crippen molar-refractivity contribution < 1.29 is 28.7 Å². The van der Waals surface area contributed by atoms with Crippen LogP contribution < -0.4 is 21.3 Å². The number of nitrogens with one attached hydrogen (secondary N) is 4. The van der Waals surface area contributed by atoms with Gasteiger partial charge in [0.15, 0.2) is 0 Å². The van der Waals surface area contributed by atoms with E-state index in [1.165, 1.54) is 23.5 Å². The molecule has 6 heterocycles. The lowest BCUT2D eigenvalue weighted by Gasteiger charge is -2.34. The average molecular weight is 965 g/mol. The molecule has 8 rings (SSSR count). The Labute approximate surface area is 403 Å². The maximum atomic E-state index is 14.3. The Morgan fingerprint density at radius 2 is 1.07 bits per heavy atom. The van der Waals surface area contributed by atoms with Crippen LogP contribution in [0.2, 0.25) is 0 Å². The second-order valence-corrected chi connectivity index (χ2v) is 19.1. The first-order valence-electron chi connectivity index (χ1n) is 23.1. The molecule has 20 nitrogen and oxygen atoms in total. The second kappa shape index (κ2) is 23.9. The van der Waals surface area contributed by atoms with Crippen LogP contribution in [0.15, 0.2) is 80.8 Å². The van der Waals surface area contributed by atoms with Crippen LogP contribution in [-0.4, -0.2) is 162 Å². The number of carbonyl (C=O) groups excluding carboxylic acids is 4. The fourth-order valence-electron chi connectivity index (χ4n) is 8.34. The van der Waals surface area contributed by atoms with Gasteiger partial charge in [-0.05, 0) is 146 Å². The van der Waals surface area contributed by atoms with Crippen molar-refractivity contribution in [2.24, 2.45) is 0 Å². The first-order chi connectivity index (χ1) is 33.2. The molecule has 4 saturated heterocycles. The van der Waals surface area contributed by atoms with Crippen molar-refractivity contribution in [3.63, 3.8) is 0 Å². The lowest BCUT2D eigenvalue weighted by molar-refractivity contribution is -0.142. The summed E-state index contributed by atoms with van der Waals surface area (Å²) in [5.41, 5.74) is 0. The van der Waals surface area contributed by atoms with Crippen molar-refractivity contribution in [3.8, 4) is 23.7 Å². The van der Waals surface area contributed by atoms with E-state index in [1.54, 1.807) is 33.0 Å². The molecule has 4 aliphatic rings. The first-order valence-corrected chi connectivity index (χ1v) is 24.7. The lowest BCUT2D eigenvalue weighted by atomic mass is 10.0. The van der Waals surface area contributed by atoms with Gasteiger partial charge in [0.25, 0.3) is 0 Å². The van der Waals surface area contributed by atoms with Gasteiger partial charge in [0, 0.05) is 22.9 Å². The number of tetrazole rings is 2. The Morgan fingerprint density at radius 3 is 1.46 bits per heavy atom. The summed E-state index contributed by atoms with van der Waals surface area (Å²) in [5, 5.41) is 38.0. The van der Waals surface area contributed by atoms with Crippen molar-refractivity contribution in [2.45, 2.75) is 134 Å². The van der Waals surface area contributed by atoms with Crippen molar-refractivity contribution in [1.29, 1.82) is 0 Å². The number of nitrogens with zero attached hydrogens (tertiary/aromatic N) is 10. The monoisotopic (exact) mass is 964 g/mol. The van der Waals surface area contributed by atoms with Gasteiger partial charge in [-0.15, -0.1) is 10.2 Å². The minimum Gasteiger partial charge on any atom is -0.363 e. The molecule has 0 bridgehead atoms. The maximum Gasteiger partial charge on any atom is 0.248 e. The first kappa shape index (κ1) is 48.6. The standard InChI is InChI=1S/C46H56N14O6S2/c1-31(39(49-41(61)37-21-23-47-37)43(63)57-25-13-15-33(57)29-59-45(51-53-55-59)67-35-17-7-5-8-18-35)65-27-11-3-4-12-28-66-32(2)40(50-42(62)38-22-24-48-38)44(64)58-26-14-16-34(58)30-60-46(52-54-56-60)68-36-19-9-6-10-20-36/h5-10,17-20,31-34,37-40,47-48H,13-16,21-30H2,1-2H3,(H,49,61)(H,50,62)/t31-,32-,33+,34+,37?,38?,39+,40+/m1/s1. The van der Waals surface area contributed by atoms with E-state index in [4.69, 9.17) is 9.47 Å². The van der Waals surface area contributed by atoms with Gasteiger partial charge in [-0.1, -0.05) is 48.2 Å². The van der Waals surface area contributed by atoms with E-state index < -0.39 is 24.3 Å². The number of benzene rings is 2. The highest BCUT2D eigenvalue weighted by Crippen LogP contribution is 2.29. The fourth-order valence-corrected chi connectivity index (χ4v) is 9.93. The molecule has 0 radical (unpaired) electrons. The molecule has 2 aromatic heterocycles. The number of carbonyl (C=O) groups is 4. The third-order valence-corrected chi connectivity index (χ3v) is 14.4. The van der Waals surface area contributed by atoms with Gasteiger partial charge < -0.3 is 40.5 Å². The van der Waals surface area contributed by atoms with Gasteiger partial charge in [-0.3, -0.25) is 19.2 Å². The smallest absolute Gasteiger partial charge is 0.248 e. The summed E-state index contributed by atoms with van der Waals surface area (Å²) >= 11 is 2.90. The van der Waals surface area contributed by atoms with Crippen molar-refractivity contribution in [1.82, 2.24) is 71.5 Å². The predicted molar refractivity (Wildman–Crippen MR) is 249 cm³/mol. The minimum absolute atomic E-state index is 0.0472. The molecule has 2 aromatic carbocycles. The van der Waals surface area contributed by atoms with Gasteiger partial charge >= 0.3 is 0 Å². The van der Waals surface area contributed by atoms with Gasteiger partial charge in [0.05, 0.1) is 49.5 Å². The lowest BCUT2D eigenvalue weighted by Crippen LogP contribution is -2.61. The van der Waals surface area contributed by atoms with E-state index in [-0.39, 0.29) is 61.0 Å². The third kappa shape index (κ3) is 12.6. The Balaban J connectivity index is 0.849. The number of hydrogen-bond acceptors (Lipinski definition) is 16. The second-order valence-electron chi connectivity index (χ2n) is 17.0. The molecule has 0 saturated carbocycles. The summed E-state index contributed by atoms with van der Waals surface area (Å²) < 4.78 is 15.5. The van der Waals surface area contributed by atoms with Crippen molar-refractivity contribution in [2.75, 3.05) is 39.4 Å². The van der Waals surface area contributed by atoms with Crippen LogP contribution in [0.1, 0.15) is 52.4 Å². The fraction of sp³-hybridized carbons (Fsp3) is 0.522. The van der Waals surface area contributed by atoms with Gasteiger partial charge in [-0.2, -0.15) is 0 Å². The highest BCUT2D eigenvalue weighted by molar-refractivity contribution is 7.99. The molecule has 4 amide bonds. The van der Waals surface area contributed by atoms with Crippen LogP contribution in [0.4, 0.5) is 0 Å². The Hall–Kier alpha value is -5.88. The average Bonchev–Trinajstić information content (AvgIpc) is 4.15. The van der Waals surface area contributed by atoms with E-state index in [0.29, 0.717) is 49.3 Å². The summed E-state index contributed by atoms with van der Waals surface area (Å²) in [6, 6.07) is 16.6. The van der Waals surface area contributed by atoms with Crippen molar-refractivity contribution >= 4 is 47.2 Å². The number of likely N-dealkylation sites (tertiary alicyclic amines) is 2. The summed E-state index contributed by atoms with van der Waals surface area (Å²) in [5.74, 6) is 10.3. The van der Waals surface area contributed by atoms with E-state index in [9.17, 15) is 19.2 Å². The molecule has 22 heteroatoms. The molecule has 8 atom stereocenters. The maximum absolute atomic E-state index is 14.3. The highest BCUT2D eigenvalue weighted by atomic mass is 32.2. The molecule has 68 heavy (non-hydrogen) atoms. The number of amides is 4. The Bertz CT molecular complexity index is 2300. The van der Waals surface area contributed by atoms with Crippen LogP contribution in [0, 0.1) is 23.7 Å². The summed E-state index contributed by atoms with van der Waals surface area (Å²) in [6.45, 7) is 6.73.